The summed E-state index contributed by atoms with van der Waals surface area (Å²) in [6.07, 6.45) is 3.34. The minimum atomic E-state index is -1.42. The van der Waals surface area contributed by atoms with Gasteiger partial charge >= 0.3 is 11.7 Å². The maximum Gasteiger partial charge on any atom is 0.332 e. The number of hydrogen-bond acceptors (Lipinski definition) is 8. The van der Waals surface area contributed by atoms with Gasteiger partial charge in [0, 0.05) is 39.1 Å². The lowest BCUT2D eigenvalue weighted by molar-refractivity contribution is -0.159. The zero-order valence-corrected chi connectivity index (χ0v) is 20.9. The maximum atomic E-state index is 13.5. The number of fused-ring (bicyclic) bond motifs is 4. The summed E-state index contributed by atoms with van der Waals surface area (Å²) in [5.41, 5.74) is -0.977. The van der Waals surface area contributed by atoms with Crippen molar-refractivity contribution in [2.45, 2.75) is 45.2 Å². The number of rotatable bonds is 4. The molecular formula is C25H28N6O6. The lowest BCUT2D eigenvalue weighted by Gasteiger charge is -2.50. The number of amides is 4. The number of H-pyrrole nitrogens is 1. The largest absolute Gasteiger partial charge is 0.494 e. The number of hydrogen-bond donors (Lipinski definition) is 2. The Kier molecular flexibility index (Phi) is 5.76. The molecule has 2 saturated heterocycles. The van der Waals surface area contributed by atoms with E-state index in [9.17, 15) is 29.1 Å². The molecule has 4 heterocycles. The van der Waals surface area contributed by atoms with Gasteiger partial charge in [-0.05, 0) is 49.4 Å². The number of barbiturate groups is 1. The van der Waals surface area contributed by atoms with Crippen LogP contribution in [0, 0.1) is 5.41 Å². The monoisotopic (exact) mass is 508 g/mol. The van der Waals surface area contributed by atoms with Gasteiger partial charge < -0.3 is 10.0 Å². The molecule has 0 bridgehead atoms. The number of nitrogens with one attached hydrogen (secondary N) is 1. The van der Waals surface area contributed by atoms with E-state index in [0.717, 1.165) is 32.0 Å². The molecule has 0 unspecified atom stereocenters. The van der Waals surface area contributed by atoms with E-state index in [1.165, 1.54) is 20.3 Å². The number of aromatic amines is 1. The molecule has 5 rings (SSSR count). The normalized spacial score (nSPS) is 20.8. The first-order valence-electron chi connectivity index (χ1n) is 12.2. The minimum Gasteiger partial charge on any atom is -0.494 e. The van der Waals surface area contributed by atoms with E-state index in [1.807, 2.05) is 13.0 Å². The summed E-state index contributed by atoms with van der Waals surface area (Å²) >= 11 is 0. The number of carbonyl (C=O) groups excluding carboxylic acids is 3. The van der Waals surface area contributed by atoms with Gasteiger partial charge in [-0.15, -0.1) is 0 Å². The van der Waals surface area contributed by atoms with Crippen molar-refractivity contribution in [3.05, 3.63) is 50.2 Å². The van der Waals surface area contributed by atoms with Crippen LogP contribution in [0.4, 0.5) is 16.2 Å². The molecule has 194 valence electrons. The van der Waals surface area contributed by atoms with Gasteiger partial charge in [0.05, 0.1) is 11.7 Å². The Morgan fingerprint density at radius 3 is 2.51 bits per heavy atom. The Hall–Kier alpha value is -4.22. The first-order chi connectivity index (χ1) is 17.6. The van der Waals surface area contributed by atoms with E-state index >= 15 is 0 Å². The van der Waals surface area contributed by atoms with Crippen LogP contribution in [0.1, 0.15) is 37.3 Å². The fourth-order valence-corrected chi connectivity index (χ4v) is 5.85. The number of benzene rings is 1. The standard InChI is InChI=1S/C25H28N6O6/c1-4-9-31-20(33)16(19(32)27-23(31)36)13-26-15-7-8-17-14(11-15)12-25(18-6-5-10-30(17)18)21(34)28(2)24(37)29(3)22(25)35/h7-8,11,13,18,33H,4-6,9-10,12H2,1-3H3,(H,27,32,36)/t18-/m0/s1. The van der Waals surface area contributed by atoms with Crippen molar-refractivity contribution in [1.29, 1.82) is 0 Å². The number of imide groups is 2. The SMILES string of the molecule is CCCn1c(O)c(C=Nc2ccc3c(c2)CC2(C(=O)N(C)C(=O)N(C)C2=O)[C@@H]2CCCN32)c(=O)[nH]c1=O. The third-order valence-corrected chi connectivity index (χ3v) is 7.61. The fourth-order valence-electron chi connectivity index (χ4n) is 5.85. The molecule has 0 aliphatic carbocycles. The lowest BCUT2D eigenvalue weighted by atomic mass is 9.68. The van der Waals surface area contributed by atoms with Crippen LogP contribution in [0.15, 0.2) is 32.8 Å². The molecule has 2 N–H and O–H groups in total. The Morgan fingerprint density at radius 2 is 1.84 bits per heavy atom. The van der Waals surface area contributed by atoms with Crippen molar-refractivity contribution in [3.63, 3.8) is 0 Å². The number of anilines is 1. The Balaban J connectivity index is 1.56. The first-order valence-corrected chi connectivity index (χ1v) is 12.2. The van der Waals surface area contributed by atoms with Crippen molar-refractivity contribution in [1.82, 2.24) is 19.4 Å². The average Bonchev–Trinajstić information content (AvgIpc) is 3.38. The molecule has 0 saturated carbocycles. The summed E-state index contributed by atoms with van der Waals surface area (Å²) < 4.78 is 1.07. The van der Waals surface area contributed by atoms with Gasteiger partial charge in [0.25, 0.3) is 5.56 Å². The van der Waals surface area contributed by atoms with Crippen LogP contribution in [0.5, 0.6) is 5.88 Å². The third kappa shape index (κ3) is 3.50. The number of urea groups is 1. The summed E-state index contributed by atoms with van der Waals surface area (Å²) in [7, 11) is 2.79. The van der Waals surface area contributed by atoms with Crippen molar-refractivity contribution < 1.29 is 19.5 Å². The molecule has 1 atom stereocenters. The highest BCUT2D eigenvalue weighted by atomic mass is 16.3. The molecule has 12 heteroatoms. The predicted octanol–water partition coefficient (Wildman–Crippen LogP) is 0.964. The van der Waals surface area contributed by atoms with Gasteiger partial charge in [-0.25, -0.2) is 9.59 Å². The highest BCUT2D eigenvalue weighted by molar-refractivity contribution is 6.20. The summed E-state index contributed by atoms with van der Waals surface area (Å²) in [5, 5.41) is 10.5. The Bertz CT molecular complexity index is 1450. The summed E-state index contributed by atoms with van der Waals surface area (Å²) in [6, 6.07) is 4.35. The molecule has 4 amide bonds. The second-order valence-corrected chi connectivity index (χ2v) is 9.73. The van der Waals surface area contributed by atoms with Gasteiger partial charge in [-0.2, -0.15) is 0 Å². The zero-order chi connectivity index (χ0) is 26.6. The van der Waals surface area contributed by atoms with Gasteiger partial charge in [0.1, 0.15) is 5.56 Å². The second kappa shape index (κ2) is 8.71. The van der Waals surface area contributed by atoms with Gasteiger partial charge in [0.2, 0.25) is 17.7 Å². The van der Waals surface area contributed by atoms with Gasteiger partial charge in [-0.3, -0.25) is 38.7 Å². The molecule has 1 aromatic heterocycles. The Morgan fingerprint density at radius 1 is 1.14 bits per heavy atom. The number of aromatic nitrogens is 2. The number of carbonyl (C=O) groups is 3. The molecule has 2 aromatic rings. The van der Waals surface area contributed by atoms with Crippen molar-refractivity contribution in [2.24, 2.45) is 10.4 Å². The lowest BCUT2D eigenvalue weighted by Crippen LogP contribution is -2.70. The van der Waals surface area contributed by atoms with E-state index in [4.69, 9.17) is 0 Å². The predicted molar refractivity (Wildman–Crippen MR) is 134 cm³/mol. The highest BCUT2D eigenvalue weighted by Crippen LogP contribution is 2.49. The Labute approximate surface area is 211 Å². The topological polar surface area (TPSA) is 148 Å². The van der Waals surface area contributed by atoms with Crippen molar-refractivity contribution in [2.75, 3.05) is 25.5 Å². The smallest absolute Gasteiger partial charge is 0.332 e. The molecule has 1 spiro atoms. The number of nitrogens with zero attached hydrogens (tertiary/aromatic N) is 5. The van der Waals surface area contributed by atoms with Crippen LogP contribution < -0.4 is 16.1 Å². The fraction of sp³-hybridized carbons (Fsp3) is 0.440. The summed E-state index contributed by atoms with van der Waals surface area (Å²) in [4.78, 5) is 74.4. The number of aliphatic imine (C=N–C) groups is 1. The summed E-state index contributed by atoms with van der Waals surface area (Å²) in [6.45, 7) is 2.74. The molecule has 2 fully saturated rings. The molecule has 3 aliphatic heterocycles. The molecule has 37 heavy (non-hydrogen) atoms. The van der Waals surface area contributed by atoms with Crippen LogP contribution in [0.3, 0.4) is 0 Å². The van der Waals surface area contributed by atoms with E-state index in [2.05, 4.69) is 14.9 Å². The first kappa shape index (κ1) is 24.5. The van der Waals surface area contributed by atoms with Crippen LogP contribution in [0.25, 0.3) is 0 Å². The van der Waals surface area contributed by atoms with Crippen LogP contribution >= 0.6 is 0 Å². The zero-order valence-electron chi connectivity index (χ0n) is 20.9. The van der Waals surface area contributed by atoms with Gasteiger partial charge in [0.15, 0.2) is 5.41 Å². The minimum absolute atomic E-state index is 0.111. The van der Waals surface area contributed by atoms with Crippen molar-refractivity contribution in [3.8, 4) is 5.88 Å². The molecule has 1 aromatic carbocycles. The third-order valence-electron chi connectivity index (χ3n) is 7.61. The van der Waals surface area contributed by atoms with Crippen molar-refractivity contribution >= 4 is 35.4 Å². The maximum absolute atomic E-state index is 13.5. The van der Waals surface area contributed by atoms with E-state index < -0.39 is 40.4 Å². The van der Waals surface area contributed by atoms with E-state index in [0.29, 0.717) is 25.1 Å². The molecule has 3 aliphatic rings. The molecule has 0 radical (unpaired) electrons. The quantitative estimate of drug-likeness (QED) is 0.462. The van der Waals surface area contributed by atoms with E-state index in [-0.39, 0.29) is 24.6 Å². The van der Waals surface area contributed by atoms with Gasteiger partial charge in [-0.1, -0.05) is 6.92 Å². The summed E-state index contributed by atoms with van der Waals surface area (Å²) in [5.74, 6) is -1.48. The molecular weight excluding hydrogens is 480 g/mol. The molecule has 12 nitrogen and oxygen atoms in total. The van der Waals surface area contributed by atoms with Crippen LogP contribution in [-0.4, -0.2) is 75.2 Å². The highest BCUT2D eigenvalue weighted by Gasteiger charge is 2.63. The van der Waals surface area contributed by atoms with Crippen LogP contribution in [-0.2, 0) is 22.6 Å². The van der Waals surface area contributed by atoms with Crippen LogP contribution in [0.2, 0.25) is 0 Å². The second-order valence-electron chi connectivity index (χ2n) is 9.73. The average molecular weight is 509 g/mol. The van der Waals surface area contributed by atoms with E-state index in [1.54, 1.807) is 12.1 Å². The number of aromatic hydroxyl groups is 1.